The van der Waals surface area contributed by atoms with E-state index < -0.39 is 0 Å². The standard InChI is InChI=1S/C20H27NO3.ClH/c1-15-5-7-16(8-6-15)13-24-18-10-9-17(11-19(18)23-4)12-21-20(2,3)14-22;/h5-11,21-22H,12-14H2,1-4H3;1H. The van der Waals surface area contributed by atoms with Gasteiger partial charge in [-0.15, -0.1) is 12.4 Å². The van der Waals surface area contributed by atoms with Crippen LogP contribution in [0, 0.1) is 6.92 Å². The zero-order chi connectivity index (χ0) is 17.6. The zero-order valence-corrected chi connectivity index (χ0v) is 16.2. The van der Waals surface area contributed by atoms with Gasteiger partial charge in [-0.2, -0.15) is 0 Å². The second kappa shape index (κ2) is 9.66. The highest BCUT2D eigenvalue weighted by Crippen LogP contribution is 2.29. The highest BCUT2D eigenvalue weighted by atomic mass is 35.5. The van der Waals surface area contributed by atoms with Crippen LogP contribution in [0.2, 0.25) is 0 Å². The first kappa shape index (κ1) is 21.3. The average molecular weight is 366 g/mol. The molecule has 0 aliphatic carbocycles. The molecule has 0 saturated carbocycles. The molecule has 0 aliphatic heterocycles. The summed E-state index contributed by atoms with van der Waals surface area (Å²) in [4.78, 5) is 0. The van der Waals surface area contributed by atoms with Crippen LogP contribution >= 0.6 is 12.4 Å². The molecule has 0 aliphatic rings. The van der Waals surface area contributed by atoms with Crippen LogP contribution < -0.4 is 14.8 Å². The van der Waals surface area contributed by atoms with E-state index in [1.54, 1.807) is 7.11 Å². The first-order valence-corrected chi connectivity index (χ1v) is 8.15. The summed E-state index contributed by atoms with van der Waals surface area (Å²) in [7, 11) is 1.64. The Hall–Kier alpha value is -1.75. The molecule has 2 N–H and O–H groups in total. The molecule has 0 unspecified atom stereocenters. The van der Waals surface area contributed by atoms with Crippen molar-refractivity contribution in [1.82, 2.24) is 5.32 Å². The average Bonchev–Trinajstić information content (AvgIpc) is 2.60. The highest BCUT2D eigenvalue weighted by Gasteiger charge is 2.15. The predicted molar refractivity (Wildman–Crippen MR) is 104 cm³/mol. The normalized spacial score (nSPS) is 10.9. The molecule has 0 bridgehead atoms. The van der Waals surface area contributed by atoms with E-state index in [1.807, 2.05) is 32.0 Å². The number of rotatable bonds is 8. The van der Waals surface area contributed by atoms with Gasteiger partial charge in [0, 0.05) is 12.1 Å². The first-order chi connectivity index (χ1) is 11.4. The van der Waals surface area contributed by atoms with Crippen LogP contribution in [-0.4, -0.2) is 24.4 Å². The third-order valence-corrected chi connectivity index (χ3v) is 3.91. The van der Waals surface area contributed by atoms with Gasteiger partial charge in [0.05, 0.1) is 13.7 Å². The van der Waals surface area contributed by atoms with E-state index in [4.69, 9.17) is 9.47 Å². The molecule has 0 aromatic heterocycles. The first-order valence-electron chi connectivity index (χ1n) is 8.15. The maximum absolute atomic E-state index is 9.31. The van der Waals surface area contributed by atoms with Crippen molar-refractivity contribution in [3.05, 3.63) is 59.2 Å². The number of aliphatic hydroxyl groups is 1. The minimum absolute atomic E-state index is 0. The number of aryl methyl sites for hydroxylation is 1. The summed E-state index contributed by atoms with van der Waals surface area (Å²) in [5, 5.41) is 12.6. The van der Waals surface area contributed by atoms with Gasteiger partial charge in [-0.25, -0.2) is 0 Å². The number of benzene rings is 2. The minimum Gasteiger partial charge on any atom is -0.493 e. The van der Waals surface area contributed by atoms with Gasteiger partial charge in [0.25, 0.3) is 0 Å². The summed E-state index contributed by atoms with van der Waals surface area (Å²) in [5.41, 5.74) is 3.13. The highest BCUT2D eigenvalue weighted by molar-refractivity contribution is 5.85. The fourth-order valence-electron chi connectivity index (χ4n) is 2.18. The van der Waals surface area contributed by atoms with Crippen LogP contribution in [0.1, 0.15) is 30.5 Å². The molecule has 5 heteroatoms. The lowest BCUT2D eigenvalue weighted by molar-refractivity contribution is 0.187. The van der Waals surface area contributed by atoms with Gasteiger partial charge in [0.15, 0.2) is 11.5 Å². The van der Waals surface area contributed by atoms with Crippen LogP contribution in [-0.2, 0) is 13.2 Å². The van der Waals surface area contributed by atoms with Gasteiger partial charge in [-0.3, -0.25) is 0 Å². The summed E-state index contributed by atoms with van der Waals surface area (Å²) in [5.74, 6) is 1.44. The number of hydrogen-bond acceptors (Lipinski definition) is 4. The van der Waals surface area contributed by atoms with E-state index in [-0.39, 0.29) is 24.6 Å². The summed E-state index contributed by atoms with van der Waals surface area (Å²) >= 11 is 0. The third-order valence-electron chi connectivity index (χ3n) is 3.91. The van der Waals surface area contributed by atoms with Crippen molar-refractivity contribution < 1.29 is 14.6 Å². The number of halogens is 1. The van der Waals surface area contributed by atoms with E-state index >= 15 is 0 Å². The molecule has 0 saturated heterocycles. The fraction of sp³-hybridized carbons (Fsp3) is 0.400. The predicted octanol–water partition coefficient (Wildman–Crippen LogP) is 3.86. The molecule has 4 nitrogen and oxygen atoms in total. The number of methoxy groups -OCH3 is 1. The Bertz CT molecular complexity index is 656. The lowest BCUT2D eigenvalue weighted by Gasteiger charge is -2.23. The molecule has 138 valence electrons. The molecule has 0 fully saturated rings. The van der Waals surface area contributed by atoms with Crippen molar-refractivity contribution in [2.75, 3.05) is 13.7 Å². The maximum Gasteiger partial charge on any atom is 0.161 e. The third kappa shape index (κ3) is 6.58. The van der Waals surface area contributed by atoms with Crippen molar-refractivity contribution in [3.63, 3.8) is 0 Å². The van der Waals surface area contributed by atoms with E-state index in [0.717, 1.165) is 16.9 Å². The van der Waals surface area contributed by atoms with Gasteiger partial charge in [-0.1, -0.05) is 35.9 Å². The van der Waals surface area contributed by atoms with Gasteiger partial charge in [0.1, 0.15) is 6.61 Å². The Labute approximate surface area is 156 Å². The minimum atomic E-state index is -0.312. The van der Waals surface area contributed by atoms with E-state index in [9.17, 15) is 5.11 Å². The van der Waals surface area contributed by atoms with Gasteiger partial charge in [0.2, 0.25) is 0 Å². The molecule has 0 heterocycles. The quantitative estimate of drug-likeness (QED) is 0.745. The summed E-state index contributed by atoms with van der Waals surface area (Å²) in [6.07, 6.45) is 0. The van der Waals surface area contributed by atoms with Crippen molar-refractivity contribution in [2.24, 2.45) is 0 Å². The smallest absolute Gasteiger partial charge is 0.161 e. The van der Waals surface area contributed by atoms with Crippen molar-refractivity contribution in [1.29, 1.82) is 0 Å². The Balaban J connectivity index is 0.00000312. The SMILES string of the molecule is COc1cc(CNC(C)(C)CO)ccc1OCc1ccc(C)cc1.Cl. The molecule has 0 radical (unpaired) electrons. The maximum atomic E-state index is 9.31. The zero-order valence-electron chi connectivity index (χ0n) is 15.3. The molecule has 25 heavy (non-hydrogen) atoms. The second-order valence-corrected chi connectivity index (χ2v) is 6.66. The summed E-state index contributed by atoms with van der Waals surface area (Å²) in [6.45, 7) is 7.24. The monoisotopic (exact) mass is 365 g/mol. The largest absolute Gasteiger partial charge is 0.493 e. The molecule has 0 amide bonds. The van der Waals surface area contributed by atoms with Crippen LogP contribution in [0.3, 0.4) is 0 Å². The number of aliphatic hydroxyl groups excluding tert-OH is 1. The number of hydrogen-bond donors (Lipinski definition) is 2. The molecular formula is C20H28ClNO3. The molecule has 2 rings (SSSR count). The Morgan fingerprint density at radius 1 is 1.00 bits per heavy atom. The number of nitrogens with one attached hydrogen (secondary N) is 1. The molecule has 2 aromatic carbocycles. The van der Waals surface area contributed by atoms with Crippen LogP contribution in [0.15, 0.2) is 42.5 Å². The molecular weight excluding hydrogens is 338 g/mol. The lowest BCUT2D eigenvalue weighted by atomic mass is 10.1. The molecule has 0 atom stereocenters. The second-order valence-electron chi connectivity index (χ2n) is 6.66. The summed E-state index contributed by atoms with van der Waals surface area (Å²) in [6, 6.07) is 14.2. The van der Waals surface area contributed by atoms with E-state index in [0.29, 0.717) is 18.9 Å². The van der Waals surface area contributed by atoms with E-state index in [2.05, 4.69) is 36.5 Å². The Morgan fingerprint density at radius 2 is 1.64 bits per heavy atom. The van der Waals surface area contributed by atoms with Gasteiger partial charge < -0.3 is 19.9 Å². The Morgan fingerprint density at radius 3 is 2.24 bits per heavy atom. The van der Waals surface area contributed by atoms with E-state index in [1.165, 1.54) is 5.56 Å². The summed E-state index contributed by atoms with van der Waals surface area (Å²) < 4.78 is 11.3. The molecule has 0 spiro atoms. The van der Waals surface area contributed by atoms with Crippen LogP contribution in [0.25, 0.3) is 0 Å². The van der Waals surface area contributed by atoms with Crippen molar-refractivity contribution >= 4 is 12.4 Å². The van der Waals surface area contributed by atoms with Gasteiger partial charge >= 0.3 is 0 Å². The van der Waals surface area contributed by atoms with Gasteiger partial charge in [-0.05, 0) is 44.0 Å². The van der Waals surface area contributed by atoms with Crippen LogP contribution in [0.5, 0.6) is 11.5 Å². The Kier molecular flexibility index (Phi) is 8.23. The van der Waals surface area contributed by atoms with Crippen molar-refractivity contribution in [3.8, 4) is 11.5 Å². The lowest BCUT2D eigenvalue weighted by Crippen LogP contribution is -2.42. The van der Waals surface area contributed by atoms with Crippen molar-refractivity contribution in [2.45, 2.75) is 39.5 Å². The fourth-order valence-corrected chi connectivity index (χ4v) is 2.18. The molecule has 2 aromatic rings. The topological polar surface area (TPSA) is 50.7 Å². The van der Waals surface area contributed by atoms with Crippen LogP contribution in [0.4, 0.5) is 0 Å². The number of ether oxygens (including phenoxy) is 2.